The Hall–Kier alpha value is -4.20. The second kappa shape index (κ2) is 10.4. The molecule has 0 radical (unpaired) electrons. The third-order valence-corrected chi connectivity index (χ3v) is 5.89. The highest BCUT2D eigenvalue weighted by atomic mass is 16.5. The molecule has 0 saturated heterocycles. The molecule has 0 spiro atoms. The molecule has 1 N–H and O–H groups in total. The van der Waals surface area contributed by atoms with Gasteiger partial charge in [-0.15, -0.1) is 0 Å². The zero-order valence-electron chi connectivity index (χ0n) is 19.8. The Bertz CT molecular complexity index is 1230. The van der Waals surface area contributed by atoms with Crippen molar-refractivity contribution >= 4 is 11.7 Å². The van der Waals surface area contributed by atoms with E-state index in [0.717, 1.165) is 5.56 Å². The third kappa shape index (κ3) is 4.73. The van der Waals surface area contributed by atoms with Gasteiger partial charge in [-0.3, -0.25) is 9.59 Å². The lowest BCUT2D eigenvalue weighted by Crippen LogP contribution is -2.33. The fourth-order valence-corrected chi connectivity index (χ4v) is 4.20. The molecule has 1 atom stereocenters. The molecule has 2 heterocycles. The summed E-state index contributed by atoms with van der Waals surface area (Å²) in [6.07, 6.45) is 1.84. The molecule has 1 aliphatic heterocycles. The molecular weight excluding hydrogens is 450 g/mol. The average molecular weight is 478 g/mol. The molecule has 182 valence electrons. The number of carbonyl (C=O) groups excluding carboxylic acids is 2. The minimum Gasteiger partial charge on any atom is -0.503 e. The Morgan fingerprint density at radius 3 is 2.43 bits per heavy atom. The summed E-state index contributed by atoms with van der Waals surface area (Å²) in [7, 11) is 3.12. The fraction of sp³-hybridized carbons (Fsp3) is 0.259. The number of methoxy groups -OCH3 is 2. The van der Waals surface area contributed by atoms with E-state index in [2.05, 4.69) is 0 Å². The number of Topliss-reactive ketones (excluding diaryl/α,β-unsaturated/α-hetero) is 1. The smallest absolute Gasteiger partial charge is 0.290 e. The van der Waals surface area contributed by atoms with E-state index < -0.39 is 23.5 Å². The van der Waals surface area contributed by atoms with Crippen LogP contribution in [0.15, 0.2) is 76.6 Å². The van der Waals surface area contributed by atoms with Crippen LogP contribution in [0.2, 0.25) is 0 Å². The number of furan rings is 1. The molecule has 1 unspecified atom stereocenters. The number of ketones is 1. The van der Waals surface area contributed by atoms with E-state index in [1.54, 1.807) is 50.6 Å². The van der Waals surface area contributed by atoms with Crippen LogP contribution in [0.25, 0.3) is 0 Å². The van der Waals surface area contributed by atoms with Crippen molar-refractivity contribution in [1.82, 2.24) is 4.90 Å². The maximum Gasteiger partial charge on any atom is 0.290 e. The number of nitrogens with zero attached hydrogens (tertiary/aromatic N) is 1. The quantitative estimate of drug-likeness (QED) is 0.429. The van der Waals surface area contributed by atoms with Gasteiger partial charge >= 0.3 is 0 Å². The zero-order chi connectivity index (χ0) is 24.9. The first kappa shape index (κ1) is 23.9. The normalized spacial score (nSPS) is 15.5. The fourth-order valence-electron chi connectivity index (χ4n) is 4.20. The van der Waals surface area contributed by atoms with Gasteiger partial charge in [0.1, 0.15) is 5.75 Å². The van der Waals surface area contributed by atoms with Gasteiger partial charge in [0.15, 0.2) is 23.0 Å². The van der Waals surface area contributed by atoms with Crippen LogP contribution in [0.4, 0.5) is 0 Å². The Kier molecular flexibility index (Phi) is 7.10. The van der Waals surface area contributed by atoms with Gasteiger partial charge in [0.05, 0.1) is 38.7 Å². The van der Waals surface area contributed by atoms with Crippen LogP contribution in [0, 0.1) is 0 Å². The van der Waals surface area contributed by atoms with Crippen molar-refractivity contribution in [3.63, 3.8) is 0 Å². The van der Waals surface area contributed by atoms with Crippen LogP contribution >= 0.6 is 0 Å². The van der Waals surface area contributed by atoms with E-state index in [0.29, 0.717) is 35.8 Å². The molecule has 0 aliphatic carbocycles. The van der Waals surface area contributed by atoms with Crippen LogP contribution < -0.4 is 14.2 Å². The Labute approximate surface area is 203 Å². The number of hydrogen-bond acceptors (Lipinski definition) is 7. The van der Waals surface area contributed by atoms with Crippen molar-refractivity contribution in [2.75, 3.05) is 27.4 Å². The molecule has 1 aliphatic rings. The maximum atomic E-state index is 13.2. The number of rotatable bonds is 10. The maximum absolute atomic E-state index is 13.2. The molecule has 8 heteroatoms. The molecule has 0 bridgehead atoms. The lowest BCUT2D eigenvalue weighted by Gasteiger charge is -2.27. The summed E-state index contributed by atoms with van der Waals surface area (Å²) in [6.45, 7) is 2.66. The summed E-state index contributed by atoms with van der Waals surface area (Å²) in [5, 5.41) is 10.8. The minimum absolute atomic E-state index is 0.0126. The van der Waals surface area contributed by atoms with Gasteiger partial charge in [-0.25, -0.2) is 0 Å². The van der Waals surface area contributed by atoms with Crippen molar-refractivity contribution in [1.29, 1.82) is 0 Å². The molecule has 4 rings (SSSR count). The van der Waals surface area contributed by atoms with Gasteiger partial charge in [-0.1, -0.05) is 18.2 Å². The second-order valence-electron chi connectivity index (χ2n) is 7.91. The number of amides is 1. The SMILES string of the molecule is CCOc1ccc(C2C(C(=O)c3ccco3)=C(O)C(=O)N2CCc2ccc(OC)c(OC)c2)cc1. The Balaban J connectivity index is 1.67. The molecule has 1 aromatic heterocycles. The van der Waals surface area contributed by atoms with E-state index in [1.807, 2.05) is 19.1 Å². The minimum atomic E-state index is -0.782. The molecular formula is C27H27NO7. The molecule has 2 aromatic carbocycles. The van der Waals surface area contributed by atoms with E-state index in [-0.39, 0.29) is 17.9 Å². The largest absolute Gasteiger partial charge is 0.503 e. The number of benzene rings is 2. The van der Waals surface area contributed by atoms with Crippen molar-refractivity contribution in [2.24, 2.45) is 0 Å². The third-order valence-electron chi connectivity index (χ3n) is 5.89. The van der Waals surface area contributed by atoms with Crippen LogP contribution in [-0.4, -0.2) is 49.1 Å². The highest BCUT2D eigenvalue weighted by Gasteiger charge is 2.44. The number of aliphatic hydroxyl groups excluding tert-OH is 1. The van der Waals surface area contributed by atoms with E-state index in [9.17, 15) is 14.7 Å². The van der Waals surface area contributed by atoms with E-state index in [1.165, 1.54) is 17.2 Å². The molecule has 0 saturated carbocycles. The zero-order valence-corrected chi connectivity index (χ0v) is 19.8. The van der Waals surface area contributed by atoms with E-state index in [4.69, 9.17) is 18.6 Å². The van der Waals surface area contributed by atoms with Crippen molar-refractivity contribution in [3.8, 4) is 17.2 Å². The lowest BCUT2D eigenvalue weighted by molar-refractivity contribution is -0.129. The topological polar surface area (TPSA) is 98.4 Å². The Morgan fingerprint density at radius 1 is 1.06 bits per heavy atom. The summed E-state index contributed by atoms with van der Waals surface area (Å²) >= 11 is 0. The number of aliphatic hydroxyl groups is 1. The highest BCUT2D eigenvalue weighted by molar-refractivity contribution is 6.15. The van der Waals surface area contributed by atoms with Gasteiger partial charge in [-0.05, 0) is 60.9 Å². The summed E-state index contributed by atoms with van der Waals surface area (Å²) in [5.41, 5.74) is 1.57. The second-order valence-corrected chi connectivity index (χ2v) is 7.91. The van der Waals surface area contributed by atoms with Crippen molar-refractivity contribution in [2.45, 2.75) is 19.4 Å². The van der Waals surface area contributed by atoms with Gasteiger partial charge < -0.3 is 28.6 Å². The first-order chi connectivity index (χ1) is 17.0. The van der Waals surface area contributed by atoms with E-state index >= 15 is 0 Å². The molecule has 8 nitrogen and oxygen atoms in total. The van der Waals surface area contributed by atoms with Gasteiger partial charge in [0.25, 0.3) is 5.91 Å². The molecule has 0 fully saturated rings. The summed E-state index contributed by atoms with van der Waals surface area (Å²) in [6, 6.07) is 15.0. The number of carbonyl (C=O) groups is 2. The van der Waals surface area contributed by atoms with Crippen LogP contribution in [0.1, 0.15) is 34.6 Å². The van der Waals surface area contributed by atoms with Gasteiger partial charge in [-0.2, -0.15) is 0 Å². The summed E-state index contributed by atoms with van der Waals surface area (Å²) in [4.78, 5) is 27.9. The lowest BCUT2D eigenvalue weighted by atomic mass is 9.95. The Morgan fingerprint density at radius 2 is 1.80 bits per heavy atom. The number of hydrogen-bond donors (Lipinski definition) is 1. The van der Waals surface area contributed by atoms with Crippen LogP contribution in [0.5, 0.6) is 17.2 Å². The monoisotopic (exact) mass is 477 g/mol. The van der Waals surface area contributed by atoms with Crippen molar-refractivity contribution < 1.29 is 33.3 Å². The first-order valence-electron chi connectivity index (χ1n) is 11.2. The summed E-state index contributed by atoms with van der Waals surface area (Å²) in [5.74, 6) is 0.189. The first-order valence-corrected chi connectivity index (χ1v) is 11.2. The van der Waals surface area contributed by atoms with Crippen LogP contribution in [0.3, 0.4) is 0 Å². The van der Waals surface area contributed by atoms with Crippen LogP contribution in [-0.2, 0) is 11.2 Å². The predicted molar refractivity (Wildman–Crippen MR) is 128 cm³/mol. The predicted octanol–water partition coefficient (Wildman–Crippen LogP) is 4.52. The number of ether oxygens (including phenoxy) is 3. The van der Waals surface area contributed by atoms with Crippen molar-refractivity contribution in [3.05, 3.63) is 89.1 Å². The summed E-state index contributed by atoms with van der Waals surface area (Å²) < 4.78 is 21.5. The van der Waals surface area contributed by atoms with Gasteiger partial charge in [0, 0.05) is 6.54 Å². The molecule has 1 amide bonds. The average Bonchev–Trinajstić information content (AvgIpc) is 3.50. The standard InChI is InChI=1S/C27H27NO7/c1-4-34-19-10-8-18(9-11-19)24-23(25(29)21-6-5-15-35-21)26(30)27(31)28(24)14-13-17-7-12-20(32-2)22(16-17)33-3/h5-12,15-16,24,30H,4,13-14H2,1-3H3. The molecule has 35 heavy (non-hydrogen) atoms. The molecule has 3 aromatic rings. The van der Waals surface area contributed by atoms with Gasteiger partial charge in [0.2, 0.25) is 5.78 Å². The highest BCUT2D eigenvalue weighted by Crippen LogP contribution is 2.40.